The van der Waals surface area contributed by atoms with Crippen LogP contribution in [0.4, 0.5) is 0 Å². The molecule has 1 heterocycles. The van der Waals surface area contributed by atoms with Crippen LogP contribution in [0.3, 0.4) is 0 Å². The number of halogens is 1. The van der Waals surface area contributed by atoms with Crippen molar-refractivity contribution in [2.24, 2.45) is 0 Å². The molecule has 3 rings (SSSR count). The van der Waals surface area contributed by atoms with Crippen LogP contribution in [0.2, 0.25) is 0 Å². The summed E-state index contributed by atoms with van der Waals surface area (Å²) in [5.74, 6) is 0.706. The second-order valence-corrected chi connectivity index (χ2v) is 6.09. The zero-order chi connectivity index (χ0) is 14.1. The van der Waals surface area contributed by atoms with Crippen LogP contribution in [0.1, 0.15) is 43.2 Å². The van der Waals surface area contributed by atoms with Crippen molar-refractivity contribution in [3.8, 4) is 5.75 Å². The van der Waals surface area contributed by atoms with Gasteiger partial charge in [0.2, 0.25) is 0 Å². The van der Waals surface area contributed by atoms with Gasteiger partial charge in [-0.15, -0.1) is 0 Å². The molecule has 1 aromatic carbocycles. The normalized spacial score (nSPS) is 16.1. The van der Waals surface area contributed by atoms with Gasteiger partial charge in [-0.1, -0.05) is 22.0 Å². The van der Waals surface area contributed by atoms with Crippen molar-refractivity contribution >= 4 is 15.9 Å². The molecule has 1 fully saturated rings. The Bertz CT molecular complexity index is 606. The lowest BCUT2D eigenvalue weighted by atomic mass is 10.1. The number of hydrogen-bond acceptors (Lipinski definition) is 3. The number of aliphatic hydroxyl groups is 1. The summed E-state index contributed by atoms with van der Waals surface area (Å²) in [6, 6.07) is 6.26. The van der Waals surface area contributed by atoms with Crippen LogP contribution < -0.4 is 4.74 Å². The summed E-state index contributed by atoms with van der Waals surface area (Å²) in [6.45, 7) is 2.21. The van der Waals surface area contributed by atoms with Crippen LogP contribution in [0.5, 0.6) is 5.75 Å². The van der Waals surface area contributed by atoms with Crippen LogP contribution in [-0.2, 0) is 6.61 Å². The molecule has 20 heavy (non-hydrogen) atoms. The van der Waals surface area contributed by atoms with Gasteiger partial charge in [0.25, 0.3) is 0 Å². The Balaban J connectivity index is 1.77. The number of aliphatic hydroxyl groups excluding tert-OH is 1. The van der Waals surface area contributed by atoms with E-state index < -0.39 is 6.10 Å². The molecule has 0 saturated heterocycles. The molecule has 106 valence electrons. The van der Waals surface area contributed by atoms with Gasteiger partial charge < -0.3 is 14.4 Å². The second kappa shape index (κ2) is 5.58. The predicted molar refractivity (Wildman–Crippen MR) is 79.6 cm³/mol. The van der Waals surface area contributed by atoms with Gasteiger partial charge >= 0.3 is 0 Å². The van der Waals surface area contributed by atoms with Gasteiger partial charge in [0.15, 0.2) is 0 Å². The summed E-state index contributed by atoms with van der Waals surface area (Å²) in [4.78, 5) is 4.20. The van der Waals surface area contributed by atoms with Gasteiger partial charge in [-0.25, -0.2) is 4.98 Å². The molecule has 0 amide bonds. The SMILES string of the molecule is CC(O)c1ccc(Br)cc1OCc1cncn1C1CC1. The monoisotopic (exact) mass is 336 g/mol. The second-order valence-electron chi connectivity index (χ2n) is 5.17. The molecule has 1 saturated carbocycles. The van der Waals surface area contributed by atoms with Crippen molar-refractivity contribution in [3.05, 3.63) is 46.5 Å². The molecule has 0 aliphatic heterocycles. The Hall–Kier alpha value is -1.33. The van der Waals surface area contributed by atoms with E-state index in [4.69, 9.17) is 4.74 Å². The molecule has 5 heteroatoms. The Labute approximate surface area is 126 Å². The zero-order valence-electron chi connectivity index (χ0n) is 11.3. The van der Waals surface area contributed by atoms with Gasteiger partial charge in [0.05, 0.1) is 24.3 Å². The van der Waals surface area contributed by atoms with Crippen molar-refractivity contribution in [1.29, 1.82) is 0 Å². The average Bonchev–Trinajstić information content (AvgIpc) is 3.15. The standard InChI is InChI=1S/C15H17BrN2O2/c1-10(19)14-5-2-11(16)6-15(14)20-8-13-7-17-9-18(13)12-3-4-12/h2,5-7,9-10,12,19H,3-4,8H2,1H3. The maximum Gasteiger partial charge on any atom is 0.130 e. The quantitative estimate of drug-likeness (QED) is 0.907. The summed E-state index contributed by atoms with van der Waals surface area (Å²) >= 11 is 3.43. The number of imidazole rings is 1. The minimum Gasteiger partial charge on any atom is -0.487 e. The van der Waals surface area contributed by atoms with E-state index in [2.05, 4.69) is 25.5 Å². The largest absolute Gasteiger partial charge is 0.487 e. The Morgan fingerprint density at radius 1 is 1.50 bits per heavy atom. The van der Waals surface area contributed by atoms with E-state index in [0.717, 1.165) is 15.7 Å². The van der Waals surface area contributed by atoms with E-state index >= 15 is 0 Å². The Morgan fingerprint density at radius 2 is 2.30 bits per heavy atom. The summed E-state index contributed by atoms with van der Waals surface area (Å²) in [7, 11) is 0. The molecule has 1 N–H and O–H groups in total. The lowest BCUT2D eigenvalue weighted by Gasteiger charge is -2.14. The Kier molecular flexibility index (Phi) is 3.81. The van der Waals surface area contributed by atoms with Crippen LogP contribution >= 0.6 is 15.9 Å². The first kappa shape index (κ1) is 13.6. The predicted octanol–water partition coefficient (Wildman–Crippen LogP) is 3.61. The summed E-state index contributed by atoms with van der Waals surface area (Å²) in [5, 5.41) is 9.79. The highest BCUT2D eigenvalue weighted by Gasteiger charge is 2.25. The Morgan fingerprint density at radius 3 is 3.00 bits per heavy atom. The van der Waals surface area contributed by atoms with E-state index in [1.807, 2.05) is 30.7 Å². The van der Waals surface area contributed by atoms with Gasteiger partial charge in [0.1, 0.15) is 12.4 Å². The lowest BCUT2D eigenvalue weighted by molar-refractivity contribution is 0.189. The van der Waals surface area contributed by atoms with Crippen LogP contribution in [0, 0.1) is 0 Å². The fourth-order valence-electron chi connectivity index (χ4n) is 2.26. The van der Waals surface area contributed by atoms with Crippen molar-refractivity contribution in [3.63, 3.8) is 0 Å². The van der Waals surface area contributed by atoms with Gasteiger partial charge in [-0.05, 0) is 31.9 Å². The minimum absolute atomic E-state index is 0.465. The summed E-state index contributed by atoms with van der Waals surface area (Å²) < 4.78 is 9.01. The van der Waals surface area contributed by atoms with Crippen LogP contribution in [0.25, 0.3) is 0 Å². The van der Waals surface area contributed by atoms with E-state index in [-0.39, 0.29) is 0 Å². The number of benzene rings is 1. The van der Waals surface area contributed by atoms with Crippen molar-refractivity contribution in [2.45, 2.75) is 38.5 Å². The molecular weight excluding hydrogens is 320 g/mol. The molecule has 4 nitrogen and oxygen atoms in total. The third kappa shape index (κ3) is 2.88. The molecule has 1 atom stereocenters. The number of nitrogens with zero attached hydrogens (tertiary/aromatic N) is 2. The molecule has 1 aromatic heterocycles. The van der Waals surface area contributed by atoms with Crippen molar-refractivity contribution in [2.75, 3.05) is 0 Å². The first-order valence-corrected chi connectivity index (χ1v) is 7.55. The first-order valence-electron chi connectivity index (χ1n) is 6.76. The first-order chi connectivity index (χ1) is 9.65. The van der Waals surface area contributed by atoms with Crippen LogP contribution in [0.15, 0.2) is 35.2 Å². The highest BCUT2D eigenvalue weighted by Crippen LogP contribution is 2.36. The van der Waals surface area contributed by atoms with E-state index in [1.165, 1.54) is 12.8 Å². The lowest BCUT2D eigenvalue weighted by Crippen LogP contribution is -2.05. The number of aromatic nitrogens is 2. The number of hydrogen-bond donors (Lipinski definition) is 1. The smallest absolute Gasteiger partial charge is 0.130 e. The zero-order valence-corrected chi connectivity index (χ0v) is 12.9. The van der Waals surface area contributed by atoms with E-state index in [1.54, 1.807) is 6.92 Å². The maximum atomic E-state index is 9.79. The fourth-order valence-corrected chi connectivity index (χ4v) is 2.60. The average molecular weight is 337 g/mol. The maximum absolute atomic E-state index is 9.79. The third-order valence-corrected chi connectivity index (χ3v) is 3.98. The molecule has 0 radical (unpaired) electrons. The van der Waals surface area contributed by atoms with Crippen molar-refractivity contribution in [1.82, 2.24) is 9.55 Å². The minimum atomic E-state index is -0.550. The van der Waals surface area contributed by atoms with Gasteiger partial charge in [-0.2, -0.15) is 0 Å². The van der Waals surface area contributed by atoms with E-state index in [0.29, 0.717) is 18.4 Å². The summed E-state index contributed by atoms with van der Waals surface area (Å²) in [6.07, 6.45) is 5.61. The molecule has 1 aliphatic carbocycles. The molecular formula is C15H17BrN2O2. The highest BCUT2D eigenvalue weighted by atomic mass is 79.9. The van der Waals surface area contributed by atoms with E-state index in [9.17, 15) is 5.11 Å². The fraction of sp³-hybridized carbons (Fsp3) is 0.400. The molecule has 1 aliphatic rings. The molecule has 0 spiro atoms. The topological polar surface area (TPSA) is 47.3 Å². The van der Waals surface area contributed by atoms with Crippen molar-refractivity contribution < 1.29 is 9.84 Å². The highest BCUT2D eigenvalue weighted by molar-refractivity contribution is 9.10. The van der Waals surface area contributed by atoms with Gasteiger partial charge in [0, 0.05) is 16.1 Å². The summed E-state index contributed by atoms with van der Waals surface area (Å²) in [5.41, 5.74) is 1.87. The number of rotatable bonds is 5. The van der Waals surface area contributed by atoms with Crippen LogP contribution in [-0.4, -0.2) is 14.7 Å². The third-order valence-electron chi connectivity index (χ3n) is 3.49. The van der Waals surface area contributed by atoms with Gasteiger partial charge in [-0.3, -0.25) is 0 Å². The molecule has 2 aromatic rings. The molecule has 0 bridgehead atoms. The molecule has 1 unspecified atom stereocenters. The number of ether oxygens (including phenoxy) is 1.